The molecular weight excluding hydrogens is 214 g/mol. The molecule has 0 aromatic heterocycles. The molecule has 0 saturated heterocycles. The highest BCUT2D eigenvalue weighted by molar-refractivity contribution is 7.89. The molecule has 0 aliphatic heterocycles. The highest BCUT2D eigenvalue weighted by Crippen LogP contribution is 2.28. The van der Waals surface area contributed by atoms with Crippen molar-refractivity contribution in [3.63, 3.8) is 0 Å². The summed E-state index contributed by atoms with van der Waals surface area (Å²) in [5.41, 5.74) is 0. The van der Waals surface area contributed by atoms with E-state index in [1.807, 2.05) is 6.92 Å². The lowest BCUT2D eigenvalue weighted by Gasteiger charge is -2.19. The molecule has 1 aliphatic carbocycles. The zero-order valence-corrected chi connectivity index (χ0v) is 10.1. The van der Waals surface area contributed by atoms with Crippen LogP contribution in [-0.2, 0) is 10.0 Å². The summed E-state index contributed by atoms with van der Waals surface area (Å²) in [5, 5.41) is 8.87. The first-order valence-corrected chi connectivity index (χ1v) is 7.35. The van der Waals surface area contributed by atoms with Gasteiger partial charge in [0.25, 0.3) is 0 Å². The lowest BCUT2D eigenvalue weighted by Crippen LogP contribution is -2.38. The molecule has 15 heavy (non-hydrogen) atoms. The van der Waals surface area contributed by atoms with Gasteiger partial charge in [-0.1, -0.05) is 13.3 Å². The summed E-state index contributed by atoms with van der Waals surface area (Å²) in [5.74, 6) is 0.525. The fourth-order valence-electron chi connectivity index (χ4n) is 2.26. The van der Waals surface area contributed by atoms with Crippen LogP contribution in [0.1, 0.15) is 39.0 Å². The molecule has 2 atom stereocenters. The summed E-state index contributed by atoms with van der Waals surface area (Å²) in [7, 11) is -3.10. The standard InChI is InChI=1S/C10H21NO3S/c1-2-8-15(13,14)11-10-5-3-4-9(10)6-7-12/h9-12H,2-8H2,1H3. The molecule has 1 saturated carbocycles. The van der Waals surface area contributed by atoms with Gasteiger partial charge in [-0.15, -0.1) is 0 Å². The van der Waals surface area contributed by atoms with Crippen LogP contribution in [0, 0.1) is 5.92 Å². The molecular formula is C10H21NO3S. The Hall–Kier alpha value is -0.130. The number of aliphatic hydroxyl groups is 1. The van der Waals surface area contributed by atoms with Crippen LogP contribution in [0.4, 0.5) is 0 Å². The first kappa shape index (κ1) is 12.9. The average Bonchev–Trinajstić information content (AvgIpc) is 2.52. The van der Waals surface area contributed by atoms with E-state index in [4.69, 9.17) is 5.11 Å². The molecule has 90 valence electrons. The summed E-state index contributed by atoms with van der Waals surface area (Å²) >= 11 is 0. The Morgan fingerprint density at radius 1 is 1.40 bits per heavy atom. The fraction of sp³-hybridized carbons (Fsp3) is 1.00. The zero-order valence-electron chi connectivity index (χ0n) is 9.28. The molecule has 2 unspecified atom stereocenters. The Balaban J connectivity index is 2.49. The highest BCUT2D eigenvalue weighted by atomic mass is 32.2. The third-order valence-electron chi connectivity index (χ3n) is 2.96. The van der Waals surface area contributed by atoms with Crippen molar-refractivity contribution in [1.29, 1.82) is 0 Å². The van der Waals surface area contributed by atoms with Crippen molar-refractivity contribution in [2.24, 2.45) is 5.92 Å². The van der Waals surface area contributed by atoms with Crippen molar-refractivity contribution >= 4 is 10.0 Å². The van der Waals surface area contributed by atoms with Gasteiger partial charge in [0.05, 0.1) is 5.75 Å². The summed E-state index contributed by atoms with van der Waals surface area (Å²) in [4.78, 5) is 0. The first-order valence-electron chi connectivity index (χ1n) is 5.70. The number of hydrogen-bond acceptors (Lipinski definition) is 3. The molecule has 0 amide bonds. The predicted molar refractivity (Wildman–Crippen MR) is 60.0 cm³/mol. The Morgan fingerprint density at radius 3 is 2.73 bits per heavy atom. The van der Waals surface area contributed by atoms with Crippen molar-refractivity contribution < 1.29 is 13.5 Å². The van der Waals surface area contributed by atoms with Crippen LogP contribution in [0.2, 0.25) is 0 Å². The van der Waals surface area contributed by atoms with Crippen molar-refractivity contribution in [2.75, 3.05) is 12.4 Å². The smallest absolute Gasteiger partial charge is 0.211 e. The molecule has 2 N–H and O–H groups in total. The van der Waals surface area contributed by atoms with E-state index >= 15 is 0 Å². The molecule has 1 fully saturated rings. The molecule has 0 heterocycles. The monoisotopic (exact) mass is 235 g/mol. The van der Waals surface area contributed by atoms with Gasteiger partial charge >= 0.3 is 0 Å². The second-order valence-electron chi connectivity index (χ2n) is 4.25. The lowest BCUT2D eigenvalue weighted by atomic mass is 10.0. The third kappa shape index (κ3) is 4.09. The lowest BCUT2D eigenvalue weighted by molar-refractivity contribution is 0.248. The zero-order chi connectivity index (χ0) is 11.3. The van der Waals surface area contributed by atoms with Crippen LogP contribution in [0.25, 0.3) is 0 Å². The van der Waals surface area contributed by atoms with Crippen LogP contribution < -0.4 is 4.72 Å². The summed E-state index contributed by atoms with van der Waals surface area (Å²) in [6.45, 7) is 2.01. The Kier molecular flexibility index (Phi) is 5.02. The number of rotatable bonds is 6. The van der Waals surface area contributed by atoms with Gasteiger partial charge in [0.1, 0.15) is 0 Å². The topological polar surface area (TPSA) is 66.4 Å². The largest absolute Gasteiger partial charge is 0.396 e. The van der Waals surface area contributed by atoms with E-state index in [0.29, 0.717) is 18.8 Å². The Labute approximate surface area is 92.1 Å². The molecule has 0 aromatic rings. The van der Waals surface area contributed by atoms with E-state index in [9.17, 15) is 8.42 Å². The van der Waals surface area contributed by atoms with Gasteiger partial charge in [0.15, 0.2) is 0 Å². The quantitative estimate of drug-likeness (QED) is 0.718. The number of hydrogen-bond donors (Lipinski definition) is 2. The van der Waals surface area contributed by atoms with Crippen molar-refractivity contribution in [3.05, 3.63) is 0 Å². The van der Waals surface area contributed by atoms with E-state index in [-0.39, 0.29) is 18.4 Å². The van der Waals surface area contributed by atoms with E-state index in [0.717, 1.165) is 19.3 Å². The number of nitrogens with one attached hydrogen (secondary N) is 1. The predicted octanol–water partition coefficient (Wildman–Crippen LogP) is 0.867. The normalized spacial score (nSPS) is 27.1. The number of sulfonamides is 1. The first-order chi connectivity index (χ1) is 7.09. The van der Waals surface area contributed by atoms with Gasteiger partial charge in [0.2, 0.25) is 10.0 Å². The molecule has 0 aromatic carbocycles. The molecule has 0 bridgehead atoms. The van der Waals surface area contributed by atoms with Gasteiger partial charge in [-0.2, -0.15) is 0 Å². The van der Waals surface area contributed by atoms with Crippen molar-refractivity contribution in [2.45, 2.75) is 45.1 Å². The third-order valence-corrected chi connectivity index (χ3v) is 4.57. The Bertz CT molecular complexity index is 276. The second kappa shape index (κ2) is 5.82. The minimum absolute atomic E-state index is 0.0497. The minimum atomic E-state index is -3.10. The summed E-state index contributed by atoms with van der Waals surface area (Å²) in [6.07, 6.45) is 4.35. The van der Waals surface area contributed by atoms with Crippen molar-refractivity contribution in [1.82, 2.24) is 4.72 Å². The molecule has 0 spiro atoms. The van der Waals surface area contributed by atoms with Crippen LogP contribution in [-0.4, -0.2) is 31.9 Å². The molecule has 1 rings (SSSR count). The van der Waals surface area contributed by atoms with E-state index in [1.54, 1.807) is 0 Å². The van der Waals surface area contributed by atoms with E-state index < -0.39 is 10.0 Å². The van der Waals surface area contributed by atoms with Crippen LogP contribution in [0.5, 0.6) is 0 Å². The van der Waals surface area contributed by atoms with E-state index in [1.165, 1.54) is 0 Å². The summed E-state index contributed by atoms with van der Waals surface area (Å²) in [6, 6.07) is 0.0497. The van der Waals surface area contributed by atoms with Crippen LogP contribution in [0.3, 0.4) is 0 Å². The van der Waals surface area contributed by atoms with E-state index in [2.05, 4.69) is 4.72 Å². The molecule has 4 nitrogen and oxygen atoms in total. The summed E-state index contributed by atoms with van der Waals surface area (Å²) < 4.78 is 25.9. The van der Waals surface area contributed by atoms with Crippen LogP contribution in [0.15, 0.2) is 0 Å². The molecule has 5 heteroatoms. The SMILES string of the molecule is CCCS(=O)(=O)NC1CCCC1CCO. The maximum atomic E-state index is 11.6. The van der Waals surface area contributed by atoms with Gasteiger partial charge in [-0.25, -0.2) is 13.1 Å². The highest BCUT2D eigenvalue weighted by Gasteiger charge is 2.29. The van der Waals surface area contributed by atoms with Gasteiger partial charge in [-0.3, -0.25) is 0 Å². The maximum Gasteiger partial charge on any atom is 0.211 e. The number of aliphatic hydroxyl groups excluding tert-OH is 1. The fourth-order valence-corrected chi connectivity index (χ4v) is 3.69. The second-order valence-corrected chi connectivity index (χ2v) is 6.12. The Morgan fingerprint density at radius 2 is 2.13 bits per heavy atom. The van der Waals surface area contributed by atoms with Gasteiger partial charge < -0.3 is 5.11 Å². The molecule has 1 aliphatic rings. The molecule has 0 radical (unpaired) electrons. The maximum absolute atomic E-state index is 11.6. The van der Waals surface area contributed by atoms with Crippen LogP contribution >= 0.6 is 0 Å². The van der Waals surface area contributed by atoms with Gasteiger partial charge in [0, 0.05) is 12.6 Å². The van der Waals surface area contributed by atoms with Crippen molar-refractivity contribution in [3.8, 4) is 0 Å². The van der Waals surface area contributed by atoms with Gasteiger partial charge in [-0.05, 0) is 31.6 Å². The average molecular weight is 235 g/mol. The minimum Gasteiger partial charge on any atom is -0.396 e.